The summed E-state index contributed by atoms with van der Waals surface area (Å²) in [6.45, 7) is 40.3. The molecule has 0 aromatic heterocycles. The first-order valence-electron chi connectivity index (χ1n) is 26.2. The molecule has 0 fully saturated rings. The molecule has 0 unspecified atom stereocenters. The highest BCUT2D eigenvalue weighted by molar-refractivity contribution is 5.92. The molecule has 2 N–H and O–H groups in total. The number of urea groups is 4. The van der Waals surface area contributed by atoms with Gasteiger partial charge in [0.05, 0.1) is 24.2 Å². The molecule has 0 spiro atoms. The van der Waals surface area contributed by atoms with Crippen LogP contribution in [0.2, 0.25) is 0 Å². The lowest BCUT2D eigenvalue weighted by atomic mass is 10.0. The van der Waals surface area contributed by atoms with Crippen LogP contribution in [0.1, 0.15) is 125 Å². The van der Waals surface area contributed by atoms with Gasteiger partial charge >= 0.3 is 48.0 Å². The first-order valence-corrected chi connectivity index (χ1v) is 26.2. The number of nitrogens with zero attached hydrogens (tertiary/aromatic N) is 6. The lowest BCUT2D eigenvalue weighted by Gasteiger charge is -2.36. The molecule has 0 aliphatic carbocycles. The summed E-state index contributed by atoms with van der Waals surface area (Å²) in [5.74, 6) is -2.60. The van der Waals surface area contributed by atoms with E-state index in [0.717, 1.165) is 24.3 Å². The third-order valence-corrected chi connectivity index (χ3v) is 12.2. The van der Waals surface area contributed by atoms with Crippen LogP contribution in [0.3, 0.4) is 0 Å². The number of hydrogen-bond donors (Lipinski definition) is 2. The van der Waals surface area contributed by atoms with Crippen LogP contribution in [0.15, 0.2) is 24.3 Å². The van der Waals surface area contributed by atoms with Crippen LogP contribution in [-0.4, -0.2) is 193 Å². The van der Waals surface area contributed by atoms with E-state index in [-0.39, 0.29) is 98.4 Å². The third-order valence-electron chi connectivity index (χ3n) is 12.2. The largest absolute Gasteiger partial charge is 0.460 e. The van der Waals surface area contributed by atoms with Crippen LogP contribution in [0.25, 0.3) is 0 Å². The number of ether oxygens (including phenoxy) is 4. The summed E-state index contributed by atoms with van der Waals surface area (Å²) in [7, 11) is 0. The zero-order valence-electron chi connectivity index (χ0n) is 47.4. The molecular weight excluding hydrogens is 929 g/mol. The van der Waals surface area contributed by atoms with Crippen LogP contribution in [0.4, 0.5) is 19.2 Å². The normalized spacial score (nSPS) is 12.9. The molecule has 0 aromatic carbocycles. The standard InChI is InChI=1S/C28H52N4O6.C24H44N4O6/c1-11-29(12-2)27(35)31(15-5)23(21(7)8)19-37-25(33)17-18-26(34)38-20-24(22(9)10)32(16-6)28(36)30(13-3)14-4;1-9-27(10-2)23(31)25-19(17(5)6)15-33-21(29)13-14-22(30)34-16-20(18(7)8)26-24(32)28(11-3)12-4/h17-18,21-24H,11-16,19-20H2,1-10H3;13-14,17-20H,9-12,15-16H2,1-8H3,(H,25,31)(H,26,32)/b18-17+;14-13+/t23-,24-;19-,20-/m00/s1. The van der Waals surface area contributed by atoms with Crippen LogP contribution in [-0.2, 0) is 38.1 Å². The molecule has 0 saturated heterocycles. The van der Waals surface area contributed by atoms with Crippen molar-refractivity contribution in [2.45, 2.75) is 149 Å². The first kappa shape index (κ1) is 68.5. The number of hydrogen-bond acceptors (Lipinski definition) is 12. The Morgan fingerprint density at radius 2 is 0.583 bits per heavy atom. The summed E-state index contributed by atoms with van der Waals surface area (Å²) in [6.07, 6.45) is 4.05. The predicted octanol–water partition coefficient (Wildman–Crippen LogP) is 7.03. The van der Waals surface area contributed by atoms with Crippen molar-refractivity contribution in [3.63, 3.8) is 0 Å². The molecule has 4 atom stereocenters. The van der Waals surface area contributed by atoms with E-state index in [9.17, 15) is 38.4 Å². The number of carbonyl (C=O) groups excluding carboxylic acids is 8. The second kappa shape index (κ2) is 38.1. The van der Waals surface area contributed by atoms with Gasteiger partial charge in [-0.1, -0.05) is 55.4 Å². The summed E-state index contributed by atoms with van der Waals surface area (Å²) >= 11 is 0. The van der Waals surface area contributed by atoms with Gasteiger partial charge in [-0.15, -0.1) is 0 Å². The molecule has 0 aliphatic rings. The molecular formula is C52H96N8O12. The number of rotatable bonds is 30. The van der Waals surface area contributed by atoms with Crippen molar-refractivity contribution >= 4 is 48.0 Å². The van der Waals surface area contributed by atoms with Gasteiger partial charge in [0.2, 0.25) is 0 Å². The minimum atomic E-state index is -0.713. The summed E-state index contributed by atoms with van der Waals surface area (Å²) in [4.78, 5) is 109. The van der Waals surface area contributed by atoms with Gasteiger partial charge in [0.25, 0.3) is 0 Å². The van der Waals surface area contributed by atoms with Gasteiger partial charge in [0.1, 0.15) is 26.4 Å². The van der Waals surface area contributed by atoms with E-state index in [1.54, 1.807) is 29.4 Å². The first-order chi connectivity index (χ1) is 33.9. The fourth-order valence-corrected chi connectivity index (χ4v) is 7.13. The quantitative estimate of drug-likeness (QED) is 0.0421. The van der Waals surface area contributed by atoms with Gasteiger partial charge in [-0.25, -0.2) is 38.4 Å². The molecule has 20 nitrogen and oxygen atoms in total. The zero-order valence-corrected chi connectivity index (χ0v) is 47.4. The minimum Gasteiger partial charge on any atom is -0.460 e. The maximum absolute atomic E-state index is 12.9. The number of amides is 8. The summed E-state index contributed by atoms with van der Waals surface area (Å²) in [5.41, 5.74) is 0. The van der Waals surface area contributed by atoms with Crippen LogP contribution < -0.4 is 10.6 Å². The van der Waals surface area contributed by atoms with E-state index >= 15 is 0 Å². The lowest BCUT2D eigenvalue weighted by molar-refractivity contribution is -0.142. The van der Waals surface area contributed by atoms with E-state index in [1.807, 2.05) is 125 Å². The van der Waals surface area contributed by atoms with Crippen molar-refractivity contribution in [2.24, 2.45) is 23.7 Å². The van der Waals surface area contributed by atoms with Crippen LogP contribution >= 0.6 is 0 Å². The summed E-state index contributed by atoms with van der Waals surface area (Å²) in [5, 5.41) is 5.74. The van der Waals surface area contributed by atoms with Gasteiger partial charge in [-0.05, 0) is 92.9 Å². The SMILES string of the molecule is CCN(CC)C(=O)N(CC)[C@@H](COC(=O)/C=C/C(=O)OC[C@@H](C(C)C)N(CC)C(=O)N(CC)CC)C(C)C.CCN(CC)C(=O)N[C@@H](COC(=O)/C=C/C(=O)OC[C@H](NC(=O)N(CC)CC)C(C)C)C(C)C. The van der Waals surface area contributed by atoms with E-state index in [2.05, 4.69) is 10.6 Å². The van der Waals surface area contributed by atoms with Crippen LogP contribution in [0, 0.1) is 23.7 Å². The average molecular weight is 1030 g/mol. The predicted molar refractivity (Wildman–Crippen MR) is 281 cm³/mol. The fraction of sp³-hybridized carbons (Fsp3) is 0.769. The lowest BCUT2D eigenvalue weighted by Crippen LogP contribution is -2.51. The minimum absolute atomic E-state index is 0.0181. The number of nitrogens with one attached hydrogen (secondary N) is 2. The van der Waals surface area contributed by atoms with Crippen molar-refractivity contribution < 1.29 is 57.3 Å². The molecule has 72 heavy (non-hydrogen) atoms. The monoisotopic (exact) mass is 1020 g/mol. The number of esters is 4. The topological polar surface area (TPSA) is 217 Å². The van der Waals surface area contributed by atoms with Gasteiger partial charge < -0.3 is 59.0 Å². The Hall–Kier alpha value is -5.56. The fourth-order valence-electron chi connectivity index (χ4n) is 7.13. The van der Waals surface area contributed by atoms with Gasteiger partial charge in [-0.2, -0.15) is 0 Å². The zero-order chi connectivity index (χ0) is 55.7. The van der Waals surface area contributed by atoms with E-state index in [0.29, 0.717) is 65.4 Å². The Balaban J connectivity index is 0. The van der Waals surface area contributed by atoms with Crippen LogP contribution in [0.5, 0.6) is 0 Å². The highest BCUT2D eigenvalue weighted by atomic mass is 16.5. The third kappa shape index (κ3) is 25.7. The van der Waals surface area contributed by atoms with Crippen molar-refractivity contribution in [1.29, 1.82) is 0 Å². The average Bonchev–Trinajstić information content (AvgIpc) is 3.33. The molecule has 0 aromatic rings. The molecule has 0 heterocycles. The molecule has 0 rings (SSSR count). The van der Waals surface area contributed by atoms with E-state index < -0.39 is 23.9 Å². The Labute approximate surface area is 432 Å². The van der Waals surface area contributed by atoms with Crippen molar-refractivity contribution in [1.82, 2.24) is 40.0 Å². The second-order valence-corrected chi connectivity index (χ2v) is 18.2. The van der Waals surface area contributed by atoms with Crippen molar-refractivity contribution in [3.05, 3.63) is 24.3 Å². The van der Waals surface area contributed by atoms with Gasteiger partial charge in [-0.3, -0.25) is 0 Å². The summed E-state index contributed by atoms with van der Waals surface area (Å²) in [6, 6.07) is -1.94. The van der Waals surface area contributed by atoms with Crippen molar-refractivity contribution in [2.75, 3.05) is 91.9 Å². The Kier molecular flexibility index (Phi) is 36.3. The van der Waals surface area contributed by atoms with Gasteiger partial charge in [0, 0.05) is 89.8 Å². The Morgan fingerprint density at radius 3 is 0.778 bits per heavy atom. The number of likely N-dealkylation sites (N-methyl/N-ethyl adjacent to an activating group) is 2. The maximum Gasteiger partial charge on any atom is 0.331 e. The molecule has 416 valence electrons. The smallest absolute Gasteiger partial charge is 0.331 e. The highest BCUT2D eigenvalue weighted by Crippen LogP contribution is 2.16. The molecule has 0 aliphatic heterocycles. The van der Waals surface area contributed by atoms with Crippen molar-refractivity contribution in [3.8, 4) is 0 Å². The second-order valence-electron chi connectivity index (χ2n) is 18.2. The summed E-state index contributed by atoms with van der Waals surface area (Å²) < 4.78 is 21.2. The molecule has 0 radical (unpaired) electrons. The highest BCUT2D eigenvalue weighted by Gasteiger charge is 2.31. The Bertz CT molecular complexity index is 1560. The Morgan fingerprint density at radius 1 is 0.347 bits per heavy atom. The molecule has 0 bridgehead atoms. The molecule has 20 heteroatoms. The van der Waals surface area contributed by atoms with E-state index in [1.165, 1.54) is 0 Å². The molecule has 8 amide bonds. The van der Waals surface area contributed by atoms with E-state index in [4.69, 9.17) is 18.9 Å². The number of carbonyl (C=O) groups is 8. The molecule has 0 saturated carbocycles. The van der Waals surface area contributed by atoms with Gasteiger partial charge in [0.15, 0.2) is 0 Å². The maximum atomic E-state index is 12.9.